The van der Waals surface area contributed by atoms with Gasteiger partial charge in [0.2, 0.25) is 11.3 Å². The van der Waals surface area contributed by atoms with Crippen molar-refractivity contribution in [2.75, 3.05) is 36.5 Å². The molecule has 0 aliphatic carbocycles. The highest BCUT2D eigenvalue weighted by atomic mass is 16.6. The van der Waals surface area contributed by atoms with Crippen LogP contribution in [0.1, 0.15) is 31.2 Å². The largest absolute Gasteiger partial charge is 0.356 e. The van der Waals surface area contributed by atoms with Crippen molar-refractivity contribution in [3.05, 3.63) is 18.0 Å². The molecule has 0 aromatic carbocycles. The van der Waals surface area contributed by atoms with Gasteiger partial charge >= 0.3 is 0 Å². The average molecular weight is 356 g/mol. The second-order valence-corrected chi connectivity index (χ2v) is 6.88. The van der Waals surface area contributed by atoms with E-state index < -0.39 is 0 Å². The number of nitrogens with zero attached hydrogens (tertiary/aromatic N) is 8. The van der Waals surface area contributed by atoms with E-state index in [1.165, 1.54) is 31.2 Å². The molecule has 0 atom stereocenters. The van der Waals surface area contributed by atoms with E-state index >= 15 is 0 Å². The molecule has 3 aromatic heterocycles. The van der Waals surface area contributed by atoms with Crippen molar-refractivity contribution in [3.63, 3.8) is 0 Å². The quantitative estimate of drug-likeness (QED) is 0.684. The number of hydrogen-bond acceptors (Lipinski definition) is 8. The minimum Gasteiger partial charge on any atom is -0.356 e. The molecule has 3 aromatic rings. The Bertz CT molecular complexity index is 865. The van der Waals surface area contributed by atoms with Crippen LogP contribution in [0.5, 0.6) is 0 Å². The molecule has 1 aliphatic rings. The Hall–Kier alpha value is -2.71. The third-order valence-electron chi connectivity index (χ3n) is 4.84. The molecule has 1 aliphatic heterocycles. The molecule has 4 heterocycles. The van der Waals surface area contributed by atoms with Crippen molar-refractivity contribution < 1.29 is 4.63 Å². The lowest BCUT2D eigenvalue weighted by atomic mass is 10.2. The first-order chi connectivity index (χ1) is 12.7. The Morgan fingerprint density at radius 1 is 1.08 bits per heavy atom. The van der Waals surface area contributed by atoms with Gasteiger partial charge in [0.15, 0.2) is 11.6 Å². The monoisotopic (exact) mass is 356 g/mol. The van der Waals surface area contributed by atoms with Gasteiger partial charge < -0.3 is 9.80 Å². The molecule has 9 nitrogen and oxygen atoms in total. The van der Waals surface area contributed by atoms with Crippen molar-refractivity contribution in [1.29, 1.82) is 0 Å². The van der Waals surface area contributed by atoms with Gasteiger partial charge in [0.25, 0.3) is 0 Å². The zero-order valence-electron chi connectivity index (χ0n) is 15.3. The van der Waals surface area contributed by atoms with E-state index in [2.05, 4.69) is 25.2 Å². The fraction of sp³-hybridized carbons (Fsp3) is 0.588. The van der Waals surface area contributed by atoms with Crippen molar-refractivity contribution in [3.8, 4) is 0 Å². The van der Waals surface area contributed by atoms with Gasteiger partial charge in [0.1, 0.15) is 0 Å². The third kappa shape index (κ3) is 3.47. The van der Waals surface area contributed by atoms with Gasteiger partial charge in [-0.3, -0.25) is 4.68 Å². The first-order valence-corrected chi connectivity index (χ1v) is 9.14. The summed E-state index contributed by atoms with van der Waals surface area (Å²) < 4.78 is 6.65. The molecule has 9 heteroatoms. The number of aromatic nitrogens is 6. The van der Waals surface area contributed by atoms with Crippen molar-refractivity contribution in [2.24, 2.45) is 7.05 Å². The lowest BCUT2D eigenvalue weighted by molar-refractivity contribution is 0.314. The molecule has 1 fully saturated rings. The maximum absolute atomic E-state index is 4.83. The highest BCUT2D eigenvalue weighted by molar-refractivity contribution is 5.74. The van der Waals surface area contributed by atoms with Crippen LogP contribution in [-0.2, 0) is 13.5 Å². The predicted molar refractivity (Wildman–Crippen MR) is 98.3 cm³/mol. The average Bonchev–Trinajstić information content (AvgIpc) is 3.18. The molecule has 0 radical (unpaired) electrons. The van der Waals surface area contributed by atoms with E-state index in [9.17, 15) is 0 Å². The fourth-order valence-corrected chi connectivity index (χ4v) is 3.38. The summed E-state index contributed by atoms with van der Waals surface area (Å²) in [5, 5.41) is 12.0. The Kier molecular flexibility index (Phi) is 4.68. The summed E-state index contributed by atoms with van der Waals surface area (Å²) in [6, 6.07) is 0. The van der Waals surface area contributed by atoms with Gasteiger partial charge in [-0.25, -0.2) is 14.6 Å². The zero-order valence-corrected chi connectivity index (χ0v) is 15.3. The van der Waals surface area contributed by atoms with Gasteiger partial charge in [0.05, 0.1) is 6.20 Å². The van der Waals surface area contributed by atoms with Crippen LogP contribution in [0.2, 0.25) is 0 Å². The SMILES string of the molecule is CN(CCc1cnn(C)c1)c1nc2nonc2nc1N1CCCCCC1. The second kappa shape index (κ2) is 7.27. The van der Waals surface area contributed by atoms with E-state index in [0.29, 0.717) is 11.3 Å². The predicted octanol–water partition coefficient (Wildman–Crippen LogP) is 1.81. The second-order valence-electron chi connectivity index (χ2n) is 6.88. The highest BCUT2D eigenvalue weighted by Gasteiger charge is 2.21. The summed E-state index contributed by atoms with van der Waals surface area (Å²) in [6.07, 6.45) is 9.72. The first kappa shape index (κ1) is 16.7. The number of anilines is 2. The van der Waals surface area contributed by atoms with E-state index in [4.69, 9.17) is 14.6 Å². The molecule has 0 unspecified atom stereocenters. The number of likely N-dealkylation sites (N-methyl/N-ethyl adjacent to an activating group) is 1. The van der Waals surface area contributed by atoms with Crippen LogP contribution in [0.15, 0.2) is 17.0 Å². The molecule has 0 amide bonds. The van der Waals surface area contributed by atoms with Crippen molar-refractivity contribution >= 4 is 22.9 Å². The fourth-order valence-electron chi connectivity index (χ4n) is 3.38. The van der Waals surface area contributed by atoms with Gasteiger partial charge in [-0.2, -0.15) is 5.10 Å². The number of hydrogen-bond donors (Lipinski definition) is 0. The summed E-state index contributed by atoms with van der Waals surface area (Å²) in [4.78, 5) is 13.9. The summed E-state index contributed by atoms with van der Waals surface area (Å²) in [5.41, 5.74) is 2.12. The normalized spacial score (nSPS) is 15.4. The van der Waals surface area contributed by atoms with Crippen LogP contribution < -0.4 is 9.80 Å². The lowest BCUT2D eigenvalue weighted by Gasteiger charge is -2.27. The van der Waals surface area contributed by atoms with Crippen molar-refractivity contribution in [1.82, 2.24) is 30.1 Å². The maximum Gasteiger partial charge on any atom is 0.245 e. The zero-order chi connectivity index (χ0) is 17.9. The minimum absolute atomic E-state index is 0.451. The van der Waals surface area contributed by atoms with Gasteiger partial charge in [-0.1, -0.05) is 12.8 Å². The summed E-state index contributed by atoms with van der Waals surface area (Å²) >= 11 is 0. The van der Waals surface area contributed by atoms with Gasteiger partial charge in [-0.15, -0.1) is 0 Å². The van der Waals surface area contributed by atoms with Crippen LogP contribution in [0.25, 0.3) is 11.3 Å². The first-order valence-electron chi connectivity index (χ1n) is 9.14. The molecule has 26 heavy (non-hydrogen) atoms. The molecular formula is C17H24N8O. The number of aryl methyl sites for hydroxylation is 1. The summed E-state index contributed by atoms with van der Waals surface area (Å²) in [6.45, 7) is 2.81. The number of rotatable bonds is 5. The summed E-state index contributed by atoms with van der Waals surface area (Å²) in [5.74, 6) is 1.71. The molecule has 1 saturated heterocycles. The lowest BCUT2D eigenvalue weighted by Crippen LogP contribution is -2.30. The van der Waals surface area contributed by atoms with Gasteiger partial charge in [-0.05, 0) is 35.1 Å². The van der Waals surface area contributed by atoms with Crippen LogP contribution in [-0.4, -0.2) is 56.7 Å². The standard InChI is InChI=1S/C17H24N8O/c1-23(10-7-13-11-18-24(2)12-13)16-17(25-8-5-3-4-6-9-25)20-15-14(19-16)21-26-22-15/h11-12H,3-10H2,1-2H3. The molecule has 0 bridgehead atoms. The molecule has 138 valence electrons. The number of fused-ring (bicyclic) bond motifs is 1. The molecule has 4 rings (SSSR count). The van der Waals surface area contributed by atoms with E-state index in [1.807, 2.05) is 31.2 Å². The molecule has 0 saturated carbocycles. The highest BCUT2D eigenvalue weighted by Crippen LogP contribution is 2.28. The molecular weight excluding hydrogens is 332 g/mol. The van der Waals surface area contributed by atoms with Gasteiger partial charge in [0, 0.05) is 39.9 Å². The Morgan fingerprint density at radius 3 is 2.50 bits per heavy atom. The third-order valence-corrected chi connectivity index (χ3v) is 4.84. The van der Waals surface area contributed by atoms with Crippen LogP contribution in [0.4, 0.5) is 11.6 Å². The van der Waals surface area contributed by atoms with Crippen LogP contribution in [0.3, 0.4) is 0 Å². The summed E-state index contributed by atoms with van der Waals surface area (Å²) in [7, 11) is 3.97. The topological polar surface area (TPSA) is 89.0 Å². The maximum atomic E-state index is 4.83. The molecule has 0 spiro atoms. The Balaban J connectivity index is 1.61. The Morgan fingerprint density at radius 2 is 1.81 bits per heavy atom. The van der Waals surface area contributed by atoms with E-state index in [0.717, 1.165) is 37.7 Å². The van der Waals surface area contributed by atoms with E-state index in [-0.39, 0.29) is 0 Å². The smallest absolute Gasteiger partial charge is 0.245 e. The van der Waals surface area contributed by atoms with Crippen LogP contribution in [0, 0.1) is 0 Å². The molecule has 0 N–H and O–H groups in total. The minimum atomic E-state index is 0.451. The Labute approximate surface area is 152 Å². The van der Waals surface area contributed by atoms with Crippen molar-refractivity contribution in [2.45, 2.75) is 32.1 Å². The van der Waals surface area contributed by atoms with Crippen LogP contribution >= 0.6 is 0 Å². The van der Waals surface area contributed by atoms with E-state index in [1.54, 1.807) is 0 Å².